The van der Waals surface area contributed by atoms with E-state index >= 15 is 0 Å². The Bertz CT molecular complexity index is 2630. The van der Waals surface area contributed by atoms with E-state index in [4.69, 9.17) is 0 Å². The molecule has 9 aromatic rings. The van der Waals surface area contributed by atoms with Crippen LogP contribution in [0.1, 0.15) is 16.7 Å². The molecule has 1 heterocycles. The molecule has 0 N–H and O–H groups in total. The van der Waals surface area contributed by atoms with Gasteiger partial charge in [-0.3, -0.25) is 0 Å². The quantitative estimate of drug-likeness (QED) is 0.165. The van der Waals surface area contributed by atoms with Crippen molar-refractivity contribution in [3.8, 4) is 50.5 Å². The summed E-state index contributed by atoms with van der Waals surface area (Å²) in [5, 5.41) is 7.55. The second-order valence-electron chi connectivity index (χ2n) is 13.5. The molecule has 0 fully saturated rings. The Morgan fingerprint density at radius 2 is 0.880 bits per heavy atom. The van der Waals surface area contributed by atoms with E-state index in [1.165, 1.54) is 93.8 Å². The molecule has 0 bridgehead atoms. The molecule has 1 aromatic heterocycles. The number of nitrogens with zero attached hydrogens (tertiary/aromatic N) is 1. The topological polar surface area (TPSA) is 4.93 Å². The van der Waals surface area contributed by atoms with Crippen molar-refractivity contribution >= 4 is 32.3 Å². The summed E-state index contributed by atoms with van der Waals surface area (Å²) in [5.74, 6) is 0. The largest absolute Gasteiger partial charge is 0.309 e. The Hall–Kier alpha value is -6.18. The third-order valence-corrected chi connectivity index (χ3v) is 10.6. The molecule has 0 atom stereocenters. The molecule has 0 unspecified atom stereocenters. The number of fused-ring (bicyclic) bond motifs is 3. The molecule has 0 amide bonds. The summed E-state index contributed by atoms with van der Waals surface area (Å²) in [6, 6.07) is 62.4. The predicted molar refractivity (Wildman–Crippen MR) is 214 cm³/mol. The molecule has 8 aromatic carbocycles. The summed E-state index contributed by atoms with van der Waals surface area (Å²) < 4.78 is 2.44. The molecule has 238 valence electrons. The van der Waals surface area contributed by atoms with Crippen LogP contribution in [-0.2, 0) is 0 Å². The first-order chi connectivity index (χ1) is 24.6. The lowest BCUT2D eigenvalue weighted by Gasteiger charge is -2.21. The van der Waals surface area contributed by atoms with E-state index in [1.54, 1.807) is 0 Å². The van der Waals surface area contributed by atoms with E-state index in [0.29, 0.717) is 0 Å². The minimum Gasteiger partial charge on any atom is -0.309 e. The van der Waals surface area contributed by atoms with Crippen molar-refractivity contribution in [2.24, 2.45) is 0 Å². The fraction of sp³-hybridized carbons (Fsp3) is 0.0612. The Kier molecular flexibility index (Phi) is 7.21. The van der Waals surface area contributed by atoms with Gasteiger partial charge in [0.2, 0.25) is 0 Å². The molecule has 9 rings (SSSR count). The van der Waals surface area contributed by atoms with Gasteiger partial charge >= 0.3 is 0 Å². The van der Waals surface area contributed by atoms with Crippen molar-refractivity contribution in [2.75, 3.05) is 0 Å². The Morgan fingerprint density at radius 3 is 1.52 bits per heavy atom. The van der Waals surface area contributed by atoms with Crippen LogP contribution in [0.2, 0.25) is 0 Å². The number of hydrogen-bond acceptors (Lipinski definition) is 0. The molecule has 0 aliphatic heterocycles. The Morgan fingerprint density at radius 1 is 0.360 bits per heavy atom. The van der Waals surface area contributed by atoms with Crippen molar-refractivity contribution in [3.63, 3.8) is 0 Å². The number of hydrogen-bond donors (Lipinski definition) is 0. The SMILES string of the molecule is Cc1cc(-c2c3ccccc3c(-c3cccc4ccccc34)c3ccc(-n4c(-c5ccccc5)ccc4-c4ccccc4)cc23)cc(C)c1C. The molecule has 1 heteroatoms. The number of aryl methyl sites for hydroxylation is 2. The van der Waals surface area contributed by atoms with E-state index in [2.05, 4.69) is 195 Å². The molecule has 50 heavy (non-hydrogen) atoms. The highest BCUT2D eigenvalue weighted by molar-refractivity contribution is 6.23. The van der Waals surface area contributed by atoms with E-state index in [0.717, 1.165) is 5.69 Å². The van der Waals surface area contributed by atoms with E-state index < -0.39 is 0 Å². The third-order valence-electron chi connectivity index (χ3n) is 10.6. The van der Waals surface area contributed by atoms with Gasteiger partial charge in [0, 0.05) is 5.69 Å². The van der Waals surface area contributed by atoms with Crippen molar-refractivity contribution < 1.29 is 0 Å². The Labute approximate surface area is 293 Å². The highest BCUT2D eigenvalue weighted by atomic mass is 15.0. The second-order valence-corrected chi connectivity index (χ2v) is 13.5. The number of rotatable bonds is 5. The van der Waals surface area contributed by atoms with Crippen LogP contribution >= 0.6 is 0 Å². The van der Waals surface area contributed by atoms with Crippen LogP contribution in [0.5, 0.6) is 0 Å². The van der Waals surface area contributed by atoms with Crippen LogP contribution in [0, 0.1) is 20.8 Å². The van der Waals surface area contributed by atoms with Gasteiger partial charge in [-0.25, -0.2) is 0 Å². The zero-order chi connectivity index (χ0) is 33.8. The molecular formula is C49H37N. The first-order valence-electron chi connectivity index (χ1n) is 17.4. The van der Waals surface area contributed by atoms with Gasteiger partial charge in [-0.1, -0.05) is 146 Å². The molecule has 0 aliphatic carbocycles. The van der Waals surface area contributed by atoms with Gasteiger partial charge in [0.25, 0.3) is 0 Å². The lowest BCUT2D eigenvalue weighted by atomic mass is 9.83. The van der Waals surface area contributed by atoms with Crippen LogP contribution < -0.4 is 0 Å². The minimum atomic E-state index is 1.14. The summed E-state index contributed by atoms with van der Waals surface area (Å²) in [6.07, 6.45) is 0. The lowest BCUT2D eigenvalue weighted by molar-refractivity contribution is 1.10. The van der Waals surface area contributed by atoms with Gasteiger partial charge in [0.05, 0.1) is 11.4 Å². The first-order valence-corrected chi connectivity index (χ1v) is 17.4. The Balaban J connectivity index is 1.44. The number of benzene rings is 8. The van der Waals surface area contributed by atoms with Crippen molar-refractivity contribution in [1.29, 1.82) is 0 Å². The summed E-state index contributed by atoms with van der Waals surface area (Å²) >= 11 is 0. The molecule has 1 nitrogen and oxygen atoms in total. The average Bonchev–Trinajstić information content (AvgIpc) is 3.62. The van der Waals surface area contributed by atoms with E-state index in [9.17, 15) is 0 Å². The average molecular weight is 640 g/mol. The molecular weight excluding hydrogens is 603 g/mol. The van der Waals surface area contributed by atoms with Crippen molar-refractivity contribution in [1.82, 2.24) is 4.57 Å². The van der Waals surface area contributed by atoms with Gasteiger partial charge in [-0.05, 0) is 127 Å². The van der Waals surface area contributed by atoms with Gasteiger partial charge in [0.15, 0.2) is 0 Å². The summed E-state index contributed by atoms with van der Waals surface area (Å²) in [4.78, 5) is 0. The normalized spacial score (nSPS) is 11.5. The van der Waals surface area contributed by atoms with Crippen LogP contribution in [-0.4, -0.2) is 4.57 Å². The minimum absolute atomic E-state index is 1.14. The fourth-order valence-corrected chi connectivity index (χ4v) is 7.91. The van der Waals surface area contributed by atoms with Crippen LogP contribution in [0.25, 0.3) is 82.8 Å². The highest BCUT2D eigenvalue weighted by Gasteiger charge is 2.21. The van der Waals surface area contributed by atoms with Crippen LogP contribution in [0.15, 0.2) is 170 Å². The monoisotopic (exact) mass is 639 g/mol. The number of aromatic nitrogens is 1. The maximum absolute atomic E-state index is 2.44. The van der Waals surface area contributed by atoms with Crippen LogP contribution in [0.3, 0.4) is 0 Å². The van der Waals surface area contributed by atoms with Gasteiger partial charge in [-0.15, -0.1) is 0 Å². The summed E-state index contributed by atoms with van der Waals surface area (Å²) in [7, 11) is 0. The highest BCUT2D eigenvalue weighted by Crippen LogP contribution is 2.47. The van der Waals surface area contributed by atoms with Crippen LogP contribution in [0.4, 0.5) is 0 Å². The standard InChI is InChI=1S/C49H37N/c1-32-29-38(30-33(2)34(32)3)48-42-22-12-13-23-43(42)49(41-24-14-20-35-15-10-11-21-40(35)41)44-26-25-39(31-45(44)48)50-46(36-16-6-4-7-17-36)27-28-47(50)37-18-8-5-9-19-37/h4-31H,1-3H3. The van der Waals surface area contributed by atoms with E-state index in [-0.39, 0.29) is 0 Å². The van der Waals surface area contributed by atoms with Crippen molar-refractivity contribution in [3.05, 3.63) is 187 Å². The summed E-state index contributed by atoms with van der Waals surface area (Å²) in [5.41, 5.74) is 14.9. The maximum Gasteiger partial charge on any atom is 0.0535 e. The second kappa shape index (κ2) is 12.1. The third kappa shape index (κ3) is 4.85. The zero-order valence-corrected chi connectivity index (χ0v) is 28.6. The maximum atomic E-state index is 2.44. The van der Waals surface area contributed by atoms with E-state index in [1.807, 2.05) is 0 Å². The fourth-order valence-electron chi connectivity index (χ4n) is 7.91. The molecule has 0 saturated heterocycles. The smallest absolute Gasteiger partial charge is 0.0535 e. The lowest BCUT2D eigenvalue weighted by Crippen LogP contribution is -2.01. The molecule has 0 aliphatic rings. The molecule has 0 radical (unpaired) electrons. The zero-order valence-electron chi connectivity index (χ0n) is 28.6. The van der Waals surface area contributed by atoms with Gasteiger partial charge in [0.1, 0.15) is 0 Å². The predicted octanol–water partition coefficient (Wildman–Crippen LogP) is 13.5. The molecule has 0 spiro atoms. The summed E-state index contributed by atoms with van der Waals surface area (Å²) in [6.45, 7) is 6.71. The van der Waals surface area contributed by atoms with Gasteiger partial charge in [-0.2, -0.15) is 0 Å². The molecule has 0 saturated carbocycles. The van der Waals surface area contributed by atoms with Crippen molar-refractivity contribution in [2.45, 2.75) is 20.8 Å². The van der Waals surface area contributed by atoms with Gasteiger partial charge < -0.3 is 4.57 Å². The first kappa shape index (κ1) is 29.9.